The van der Waals surface area contributed by atoms with Crippen molar-refractivity contribution in [3.8, 4) is 17.5 Å². The van der Waals surface area contributed by atoms with Crippen molar-refractivity contribution in [3.63, 3.8) is 0 Å². The number of pyridine rings is 1. The molecule has 9 rings (SSSR count). The van der Waals surface area contributed by atoms with Crippen LogP contribution in [0.15, 0.2) is 71.5 Å². The number of hydrogen-bond donors (Lipinski definition) is 2. The van der Waals surface area contributed by atoms with Gasteiger partial charge in [-0.3, -0.25) is 28.2 Å². The summed E-state index contributed by atoms with van der Waals surface area (Å²) in [5, 5.41) is 20.2. The van der Waals surface area contributed by atoms with Gasteiger partial charge in [-0.2, -0.15) is 24.2 Å². The Bertz CT molecular complexity index is 3340. The standard InChI is InChI=1S/C43H33ClF6N10O5S/c1-58-36-31(10-9-29(44)34(36)40(56-58)57-66(63,64)12-11-20-3-6-25(65-2)7-4-20)60-41(54-39-26(42(60)62)8-5-24(18-51)52-39)30(15-21-13-22(45)16-23(46)14-21)53-32(61)19-59-37-33(35(55-59)38(47)48)27-17-28(27)43(37,49)50/h3-10,13-14,16,27-28,30,38H,11-12,15,17,19H2,1-2H3,(H,53,61)(H,56,57)/t27-,28+,30-/m0/s1. The molecule has 2 aliphatic rings. The van der Waals surface area contributed by atoms with Crippen molar-refractivity contribution in [2.45, 2.75) is 50.1 Å². The molecule has 0 saturated heterocycles. The van der Waals surface area contributed by atoms with E-state index >= 15 is 8.78 Å². The van der Waals surface area contributed by atoms with Gasteiger partial charge in [-0.05, 0) is 78.4 Å². The van der Waals surface area contributed by atoms with E-state index < -0.39 is 87.7 Å². The Morgan fingerprint density at radius 2 is 1.76 bits per heavy atom. The van der Waals surface area contributed by atoms with Crippen molar-refractivity contribution in [1.82, 2.24) is 39.4 Å². The Labute approximate surface area is 374 Å². The lowest BCUT2D eigenvalue weighted by atomic mass is 10.0. The number of alkyl halides is 4. The Morgan fingerprint density at radius 1 is 1.03 bits per heavy atom. The Balaban J connectivity index is 1.17. The number of ether oxygens (including phenoxy) is 1. The van der Waals surface area contributed by atoms with Gasteiger partial charge in [0.2, 0.25) is 15.9 Å². The molecule has 7 aromatic rings. The van der Waals surface area contributed by atoms with E-state index in [-0.39, 0.29) is 79.7 Å². The molecule has 3 atom stereocenters. The summed E-state index contributed by atoms with van der Waals surface area (Å²) >= 11 is 6.73. The number of amides is 1. The van der Waals surface area contributed by atoms with Gasteiger partial charge in [-0.25, -0.2) is 35.9 Å². The van der Waals surface area contributed by atoms with Gasteiger partial charge >= 0.3 is 0 Å². The molecule has 1 saturated carbocycles. The van der Waals surface area contributed by atoms with Crippen LogP contribution in [0.2, 0.25) is 5.02 Å². The zero-order valence-corrected chi connectivity index (χ0v) is 35.9. The van der Waals surface area contributed by atoms with Crippen molar-refractivity contribution in [3.05, 3.63) is 133 Å². The fraction of sp³-hybridized carbons (Fsp3) is 0.279. The topological polar surface area (TPSA) is 192 Å². The number of nitrogens with zero attached hydrogens (tertiary/aromatic N) is 8. The number of carbonyl (C=O) groups is 1. The van der Waals surface area contributed by atoms with Crippen LogP contribution in [-0.4, -0.2) is 61.3 Å². The average Bonchev–Trinajstić information content (AvgIpc) is 3.81. The van der Waals surface area contributed by atoms with E-state index in [1.165, 1.54) is 43.1 Å². The highest BCUT2D eigenvalue weighted by molar-refractivity contribution is 7.92. The van der Waals surface area contributed by atoms with Crippen LogP contribution in [0.1, 0.15) is 64.4 Å². The zero-order chi connectivity index (χ0) is 47.0. The molecule has 4 aromatic heterocycles. The first kappa shape index (κ1) is 44.2. The lowest BCUT2D eigenvalue weighted by Gasteiger charge is -2.24. The van der Waals surface area contributed by atoms with Gasteiger partial charge in [0.05, 0.1) is 45.9 Å². The number of hydrogen-bond acceptors (Lipinski definition) is 10. The normalized spacial score (nSPS) is 16.6. The van der Waals surface area contributed by atoms with Gasteiger partial charge in [0.1, 0.15) is 52.9 Å². The number of halogens is 7. The Hall–Kier alpha value is -6.99. The van der Waals surface area contributed by atoms with Crippen LogP contribution in [0, 0.1) is 28.9 Å². The number of anilines is 1. The number of aryl methyl sites for hydroxylation is 2. The number of aromatic nitrogens is 7. The minimum atomic E-state index is -4.12. The predicted octanol–water partition coefficient (Wildman–Crippen LogP) is 6.91. The molecule has 340 valence electrons. The largest absolute Gasteiger partial charge is 0.497 e. The maximum atomic E-state index is 15.5. The van der Waals surface area contributed by atoms with E-state index in [2.05, 4.69) is 30.2 Å². The van der Waals surface area contributed by atoms with Crippen molar-refractivity contribution >= 4 is 55.3 Å². The average molecular weight is 951 g/mol. The molecule has 2 N–H and O–H groups in total. The quantitative estimate of drug-likeness (QED) is 0.108. The smallest absolute Gasteiger partial charge is 0.293 e. The van der Waals surface area contributed by atoms with Gasteiger partial charge < -0.3 is 10.1 Å². The van der Waals surface area contributed by atoms with Gasteiger partial charge in [0.15, 0.2) is 11.5 Å². The molecule has 1 fully saturated rings. The molecule has 0 radical (unpaired) electrons. The van der Waals surface area contributed by atoms with E-state index in [0.717, 1.165) is 16.7 Å². The van der Waals surface area contributed by atoms with Crippen LogP contribution in [0.5, 0.6) is 5.75 Å². The summed E-state index contributed by atoms with van der Waals surface area (Å²) in [6, 6.07) is 14.7. The first-order valence-electron chi connectivity index (χ1n) is 20.0. The third-order valence-electron chi connectivity index (χ3n) is 11.6. The number of nitrogens with one attached hydrogen (secondary N) is 2. The van der Waals surface area contributed by atoms with Crippen LogP contribution < -0.4 is 20.3 Å². The van der Waals surface area contributed by atoms with Crippen LogP contribution in [-0.2, 0) is 47.2 Å². The molecule has 15 nitrogen and oxygen atoms in total. The fourth-order valence-electron chi connectivity index (χ4n) is 8.59. The van der Waals surface area contributed by atoms with Gasteiger partial charge in [0.25, 0.3) is 17.9 Å². The van der Waals surface area contributed by atoms with Gasteiger partial charge in [-0.1, -0.05) is 23.7 Å². The lowest BCUT2D eigenvalue weighted by molar-refractivity contribution is -0.123. The molecule has 0 unspecified atom stereocenters. The second-order valence-electron chi connectivity index (χ2n) is 15.9. The predicted molar refractivity (Wildman–Crippen MR) is 226 cm³/mol. The van der Waals surface area contributed by atoms with E-state index in [4.69, 9.17) is 16.3 Å². The molecule has 66 heavy (non-hydrogen) atoms. The van der Waals surface area contributed by atoms with Crippen molar-refractivity contribution in [2.24, 2.45) is 13.0 Å². The molecular weight excluding hydrogens is 918 g/mol. The van der Waals surface area contributed by atoms with Gasteiger partial charge in [-0.15, -0.1) is 0 Å². The first-order valence-corrected chi connectivity index (χ1v) is 22.0. The Kier molecular flexibility index (Phi) is 11.0. The fourth-order valence-corrected chi connectivity index (χ4v) is 9.88. The van der Waals surface area contributed by atoms with Crippen LogP contribution in [0.4, 0.5) is 32.2 Å². The number of methoxy groups -OCH3 is 1. The minimum Gasteiger partial charge on any atom is -0.497 e. The van der Waals surface area contributed by atoms with Crippen molar-refractivity contribution in [2.75, 3.05) is 17.6 Å². The third-order valence-corrected chi connectivity index (χ3v) is 13.1. The van der Waals surface area contributed by atoms with Crippen molar-refractivity contribution in [1.29, 1.82) is 5.26 Å². The molecule has 0 aliphatic heterocycles. The van der Waals surface area contributed by atoms with Gasteiger partial charge in [0, 0.05) is 31.0 Å². The number of benzene rings is 3. The van der Waals surface area contributed by atoms with E-state index in [1.54, 1.807) is 24.3 Å². The highest BCUT2D eigenvalue weighted by Gasteiger charge is 2.67. The second-order valence-corrected chi connectivity index (χ2v) is 18.1. The first-order chi connectivity index (χ1) is 31.4. The summed E-state index contributed by atoms with van der Waals surface area (Å²) in [7, 11) is -1.19. The van der Waals surface area contributed by atoms with Crippen LogP contribution in [0.25, 0.3) is 27.6 Å². The minimum absolute atomic E-state index is 0.0113. The van der Waals surface area contributed by atoms with Crippen molar-refractivity contribution < 1.29 is 44.3 Å². The van der Waals surface area contributed by atoms with E-state index in [0.29, 0.717) is 22.1 Å². The summed E-state index contributed by atoms with van der Waals surface area (Å²) in [4.78, 5) is 37.7. The molecule has 4 heterocycles. The molecular formula is C43H33ClF6N10O5S. The lowest BCUT2D eigenvalue weighted by Crippen LogP contribution is -2.38. The number of carbonyl (C=O) groups excluding carboxylic acids is 1. The highest BCUT2D eigenvalue weighted by atomic mass is 35.5. The summed E-state index contributed by atoms with van der Waals surface area (Å²) in [6.45, 7) is -1.03. The summed E-state index contributed by atoms with van der Waals surface area (Å²) in [5.41, 5.74) is -2.74. The maximum Gasteiger partial charge on any atom is 0.293 e. The molecule has 2 aliphatic carbocycles. The SMILES string of the molecule is COc1ccc(CCS(=O)(=O)Nc2nn(C)c3c(-n4c([C@H](Cc5cc(F)cc(F)c5)NC(=O)Cn5nc(C(F)F)c6c5C(F)(F)[C@@H]5C[C@H]65)nc5nc(C#N)ccc5c4=O)ccc(Cl)c23)cc1. The zero-order valence-electron chi connectivity index (χ0n) is 34.4. The van der Waals surface area contributed by atoms with Crippen LogP contribution >= 0.6 is 11.6 Å². The summed E-state index contributed by atoms with van der Waals surface area (Å²) in [5.74, 6) is -9.19. The van der Waals surface area contributed by atoms with E-state index in [9.17, 15) is 40.8 Å². The molecule has 0 bridgehead atoms. The molecule has 1 amide bonds. The second kappa shape index (κ2) is 16.5. The number of nitriles is 1. The number of rotatable bonds is 14. The number of sulfonamides is 1. The highest BCUT2D eigenvalue weighted by Crippen LogP contribution is 2.68. The third kappa shape index (κ3) is 7.95. The summed E-state index contributed by atoms with van der Waals surface area (Å²) < 4.78 is 126. The molecule has 0 spiro atoms. The monoisotopic (exact) mass is 950 g/mol. The summed E-state index contributed by atoms with van der Waals surface area (Å²) in [6.07, 6.45) is -3.68. The number of fused-ring (bicyclic) bond motifs is 5. The molecule has 23 heteroatoms. The molecule has 3 aromatic carbocycles. The van der Waals surface area contributed by atoms with Crippen LogP contribution in [0.3, 0.4) is 0 Å². The maximum absolute atomic E-state index is 15.5. The van der Waals surface area contributed by atoms with E-state index in [1.807, 2.05) is 6.07 Å². The Morgan fingerprint density at radius 3 is 2.44 bits per heavy atom.